The second-order valence-corrected chi connectivity index (χ2v) is 6.06. The summed E-state index contributed by atoms with van der Waals surface area (Å²) in [5, 5.41) is 5.51. The van der Waals surface area contributed by atoms with E-state index in [0.29, 0.717) is 12.5 Å². The van der Waals surface area contributed by atoms with Gasteiger partial charge >= 0.3 is 0 Å². The van der Waals surface area contributed by atoms with E-state index < -0.39 is 0 Å². The second kappa shape index (κ2) is 5.84. The summed E-state index contributed by atoms with van der Waals surface area (Å²) in [6.45, 7) is 0.498. The maximum atomic E-state index is 12.4. The quantitative estimate of drug-likeness (QED) is 0.799. The van der Waals surface area contributed by atoms with Crippen molar-refractivity contribution < 1.29 is 4.79 Å². The van der Waals surface area contributed by atoms with Crippen molar-refractivity contribution in [2.75, 3.05) is 0 Å². The van der Waals surface area contributed by atoms with Crippen molar-refractivity contribution in [3.05, 3.63) is 78.1 Å². The van der Waals surface area contributed by atoms with E-state index in [1.807, 2.05) is 18.2 Å². The number of carbonyl (C=O) groups excluding carboxylic acids is 1. The first-order valence-corrected chi connectivity index (χ1v) is 7.98. The molecule has 1 N–H and O–H groups in total. The Morgan fingerprint density at radius 3 is 2.74 bits per heavy atom. The summed E-state index contributed by atoms with van der Waals surface area (Å²) < 4.78 is 0. The first kappa shape index (κ1) is 13.9. The van der Waals surface area contributed by atoms with Gasteiger partial charge in [0.05, 0.1) is 12.2 Å². The number of amides is 1. The number of hydrogen-bond donors (Lipinski definition) is 1. The fourth-order valence-corrected chi connectivity index (χ4v) is 3.21. The van der Waals surface area contributed by atoms with Crippen molar-refractivity contribution in [2.45, 2.75) is 18.9 Å². The van der Waals surface area contributed by atoms with Gasteiger partial charge in [-0.25, -0.2) is 0 Å². The minimum Gasteiger partial charge on any atom is -0.350 e. The Morgan fingerprint density at radius 1 is 1.04 bits per heavy atom. The Balaban J connectivity index is 1.46. The van der Waals surface area contributed by atoms with Gasteiger partial charge in [0, 0.05) is 12.1 Å². The number of pyridine rings is 1. The second-order valence-electron chi connectivity index (χ2n) is 6.06. The van der Waals surface area contributed by atoms with E-state index in [2.05, 4.69) is 52.8 Å². The molecule has 3 nitrogen and oxygen atoms in total. The summed E-state index contributed by atoms with van der Waals surface area (Å²) in [7, 11) is 0. The highest BCUT2D eigenvalue weighted by Gasteiger charge is 2.44. The van der Waals surface area contributed by atoms with Crippen molar-refractivity contribution in [2.24, 2.45) is 5.92 Å². The molecule has 1 fully saturated rings. The number of rotatable bonds is 4. The molecule has 0 radical (unpaired) electrons. The minimum atomic E-state index is 0.0875. The van der Waals surface area contributed by atoms with Crippen LogP contribution in [-0.4, -0.2) is 10.9 Å². The van der Waals surface area contributed by atoms with E-state index in [-0.39, 0.29) is 11.8 Å². The van der Waals surface area contributed by atoms with Gasteiger partial charge in [-0.1, -0.05) is 48.5 Å². The summed E-state index contributed by atoms with van der Waals surface area (Å²) in [5.74, 6) is 0.558. The average molecular weight is 302 g/mol. The van der Waals surface area contributed by atoms with Gasteiger partial charge < -0.3 is 5.32 Å². The highest BCUT2D eigenvalue weighted by molar-refractivity contribution is 5.89. The third-order valence-corrected chi connectivity index (χ3v) is 4.52. The van der Waals surface area contributed by atoms with E-state index in [1.54, 1.807) is 6.20 Å². The molecule has 3 heteroatoms. The van der Waals surface area contributed by atoms with Crippen LogP contribution in [0.4, 0.5) is 0 Å². The van der Waals surface area contributed by atoms with Gasteiger partial charge in [-0.05, 0) is 40.8 Å². The summed E-state index contributed by atoms with van der Waals surface area (Å²) >= 11 is 0. The molecule has 1 aliphatic carbocycles. The molecule has 1 aliphatic rings. The predicted octanol–water partition coefficient (Wildman–Crippen LogP) is 3.65. The van der Waals surface area contributed by atoms with Crippen LogP contribution in [-0.2, 0) is 11.3 Å². The maximum absolute atomic E-state index is 12.4. The van der Waals surface area contributed by atoms with E-state index in [4.69, 9.17) is 0 Å². The van der Waals surface area contributed by atoms with Crippen LogP contribution in [0.25, 0.3) is 10.8 Å². The highest BCUT2D eigenvalue weighted by Crippen LogP contribution is 2.49. The van der Waals surface area contributed by atoms with Crippen molar-refractivity contribution in [3.8, 4) is 0 Å². The van der Waals surface area contributed by atoms with Crippen molar-refractivity contribution in [3.63, 3.8) is 0 Å². The number of fused-ring (bicyclic) bond motifs is 1. The maximum Gasteiger partial charge on any atom is 0.224 e. The molecule has 1 amide bonds. The van der Waals surface area contributed by atoms with Crippen molar-refractivity contribution >= 4 is 16.7 Å². The van der Waals surface area contributed by atoms with Gasteiger partial charge in [0.25, 0.3) is 0 Å². The summed E-state index contributed by atoms with van der Waals surface area (Å²) in [6.07, 6.45) is 2.68. The molecule has 0 spiro atoms. The van der Waals surface area contributed by atoms with E-state index in [0.717, 1.165) is 12.1 Å². The normalized spacial score (nSPS) is 19.5. The van der Waals surface area contributed by atoms with Gasteiger partial charge in [0.1, 0.15) is 0 Å². The standard InChI is InChI=1S/C20H18N2O/c23-20(22-13-15-8-3-4-11-21-15)19-12-18(19)17-10-5-7-14-6-1-2-9-16(14)17/h1-11,18-19H,12-13H2,(H,22,23)/t18-,19-/m1/s1. The monoisotopic (exact) mass is 302 g/mol. The van der Waals surface area contributed by atoms with Gasteiger partial charge in [0.2, 0.25) is 5.91 Å². The summed E-state index contributed by atoms with van der Waals surface area (Å²) in [5.41, 5.74) is 2.18. The average Bonchev–Trinajstić information content (AvgIpc) is 3.41. The number of nitrogens with one attached hydrogen (secondary N) is 1. The zero-order valence-corrected chi connectivity index (χ0v) is 12.8. The van der Waals surface area contributed by atoms with Crippen LogP contribution in [0.1, 0.15) is 23.6 Å². The molecule has 0 bridgehead atoms. The molecule has 23 heavy (non-hydrogen) atoms. The molecule has 0 saturated heterocycles. The Bertz CT molecular complexity index is 839. The Hall–Kier alpha value is -2.68. The molecule has 1 aromatic heterocycles. The molecule has 2 aromatic carbocycles. The van der Waals surface area contributed by atoms with Crippen LogP contribution in [0, 0.1) is 5.92 Å². The molecule has 2 atom stereocenters. The molecule has 1 heterocycles. The van der Waals surface area contributed by atoms with Crippen LogP contribution < -0.4 is 5.32 Å². The lowest BCUT2D eigenvalue weighted by Crippen LogP contribution is -2.25. The molecule has 0 aliphatic heterocycles. The molecular formula is C20H18N2O. The largest absolute Gasteiger partial charge is 0.350 e. The van der Waals surface area contributed by atoms with Crippen LogP contribution in [0.3, 0.4) is 0 Å². The molecule has 0 unspecified atom stereocenters. The Labute approximate surface area is 135 Å². The molecule has 3 aromatic rings. The van der Waals surface area contributed by atoms with E-state index in [1.165, 1.54) is 16.3 Å². The zero-order chi connectivity index (χ0) is 15.6. The Morgan fingerprint density at radius 2 is 1.87 bits per heavy atom. The fraction of sp³-hybridized carbons (Fsp3) is 0.200. The SMILES string of the molecule is O=C(NCc1ccccn1)[C@@H]1C[C@@H]1c1cccc2ccccc12. The van der Waals surface area contributed by atoms with Gasteiger partial charge in [0.15, 0.2) is 0 Å². The first-order chi connectivity index (χ1) is 11.3. The van der Waals surface area contributed by atoms with Gasteiger partial charge in [-0.3, -0.25) is 9.78 Å². The summed E-state index contributed by atoms with van der Waals surface area (Å²) in [6, 6.07) is 20.5. The van der Waals surface area contributed by atoms with Crippen LogP contribution in [0.5, 0.6) is 0 Å². The fourth-order valence-electron chi connectivity index (χ4n) is 3.21. The lowest BCUT2D eigenvalue weighted by molar-refractivity contribution is -0.122. The van der Waals surface area contributed by atoms with Gasteiger partial charge in [-0.15, -0.1) is 0 Å². The number of carbonyl (C=O) groups is 1. The zero-order valence-electron chi connectivity index (χ0n) is 12.8. The molecule has 1 saturated carbocycles. The lowest BCUT2D eigenvalue weighted by atomic mass is 10.00. The topological polar surface area (TPSA) is 42.0 Å². The van der Waals surface area contributed by atoms with Crippen molar-refractivity contribution in [1.29, 1.82) is 0 Å². The van der Waals surface area contributed by atoms with E-state index >= 15 is 0 Å². The van der Waals surface area contributed by atoms with Crippen LogP contribution in [0.15, 0.2) is 66.9 Å². The number of hydrogen-bond acceptors (Lipinski definition) is 2. The highest BCUT2D eigenvalue weighted by atomic mass is 16.2. The summed E-state index contributed by atoms with van der Waals surface area (Å²) in [4.78, 5) is 16.6. The predicted molar refractivity (Wildman–Crippen MR) is 90.9 cm³/mol. The molecule has 4 rings (SSSR count). The van der Waals surface area contributed by atoms with Gasteiger partial charge in [-0.2, -0.15) is 0 Å². The van der Waals surface area contributed by atoms with Crippen molar-refractivity contribution in [1.82, 2.24) is 10.3 Å². The smallest absolute Gasteiger partial charge is 0.224 e. The lowest BCUT2D eigenvalue weighted by Gasteiger charge is -2.07. The molecule has 114 valence electrons. The number of nitrogens with zero attached hydrogens (tertiary/aromatic N) is 1. The number of benzene rings is 2. The third-order valence-electron chi connectivity index (χ3n) is 4.52. The van der Waals surface area contributed by atoms with E-state index in [9.17, 15) is 4.79 Å². The number of aromatic nitrogens is 1. The third kappa shape index (κ3) is 2.82. The Kier molecular flexibility index (Phi) is 3.54. The first-order valence-electron chi connectivity index (χ1n) is 7.98. The molecular weight excluding hydrogens is 284 g/mol. The van der Waals surface area contributed by atoms with Crippen LogP contribution in [0.2, 0.25) is 0 Å². The van der Waals surface area contributed by atoms with Crippen LogP contribution >= 0.6 is 0 Å². The minimum absolute atomic E-state index is 0.0875.